The third-order valence-electron chi connectivity index (χ3n) is 2.80. The van der Waals surface area contributed by atoms with Crippen LogP contribution in [0.25, 0.3) is 0 Å². The Kier molecular flexibility index (Phi) is 4.50. The standard InChI is InChI=1S/C10H20N2O3/c1-7-6-15-9(5-13)4-12(7)10(14)8(2)11-3/h7-9,11,13H,4-6H2,1-3H3. The molecule has 0 saturated carbocycles. The van der Waals surface area contributed by atoms with Gasteiger partial charge in [-0.15, -0.1) is 0 Å². The first-order valence-corrected chi connectivity index (χ1v) is 5.30. The predicted molar refractivity (Wildman–Crippen MR) is 56.5 cm³/mol. The summed E-state index contributed by atoms with van der Waals surface area (Å²) in [7, 11) is 1.76. The average Bonchev–Trinajstić information content (AvgIpc) is 2.27. The first-order valence-electron chi connectivity index (χ1n) is 5.30. The van der Waals surface area contributed by atoms with Crippen LogP contribution in [0.3, 0.4) is 0 Å². The summed E-state index contributed by atoms with van der Waals surface area (Å²) < 4.78 is 5.37. The van der Waals surface area contributed by atoms with Gasteiger partial charge >= 0.3 is 0 Å². The summed E-state index contributed by atoms with van der Waals surface area (Å²) in [6.45, 7) is 4.71. The van der Waals surface area contributed by atoms with Gasteiger partial charge in [-0.2, -0.15) is 0 Å². The Balaban J connectivity index is 2.61. The second-order valence-electron chi connectivity index (χ2n) is 3.99. The van der Waals surface area contributed by atoms with E-state index in [1.807, 2.05) is 13.8 Å². The molecule has 1 fully saturated rings. The Morgan fingerprint density at radius 2 is 2.40 bits per heavy atom. The van der Waals surface area contributed by atoms with Crippen molar-refractivity contribution in [2.24, 2.45) is 0 Å². The number of aliphatic hydroxyl groups is 1. The number of aliphatic hydroxyl groups excluding tert-OH is 1. The zero-order chi connectivity index (χ0) is 11.4. The molecular formula is C10H20N2O3. The summed E-state index contributed by atoms with van der Waals surface area (Å²) in [6.07, 6.45) is -0.241. The third kappa shape index (κ3) is 2.90. The first-order chi connectivity index (χ1) is 7.10. The maximum Gasteiger partial charge on any atom is 0.239 e. The molecule has 1 heterocycles. The van der Waals surface area contributed by atoms with Crippen LogP contribution in [-0.4, -0.2) is 60.9 Å². The lowest BCUT2D eigenvalue weighted by Crippen LogP contribution is -2.56. The quantitative estimate of drug-likeness (QED) is 0.648. The fourth-order valence-electron chi connectivity index (χ4n) is 1.61. The molecule has 1 saturated heterocycles. The summed E-state index contributed by atoms with van der Waals surface area (Å²) >= 11 is 0. The number of nitrogens with one attached hydrogen (secondary N) is 1. The number of rotatable bonds is 3. The van der Waals surface area contributed by atoms with Gasteiger partial charge in [0.1, 0.15) is 0 Å². The van der Waals surface area contributed by atoms with Gasteiger partial charge in [0.15, 0.2) is 0 Å². The molecule has 5 heteroatoms. The van der Waals surface area contributed by atoms with Crippen molar-refractivity contribution >= 4 is 5.91 Å². The molecule has 0 spiro atoms. The van der Waals surface area contributed by atoms with Crippen molar-refractivity contribution in [2.75, 3.05) is 26.8 Å². The van der Waals surface area contributed by atoms with Gasteiger partial charge in [-0.3, -0.25) is 4.79 Å². The number of amides is 1. The van der Waals surface area contributed by atoms with Crippen molar-refractivity contribution < 1.29 is 14.6 Å². The predicted octanol–water partition coefficient (Wildman–Crippen LogP) is -0.797. The van der Waals surface area contributed by atoms with E-state index >= 15 is 0 Å². The number of nitrogens with zero attached hydrogens (tertiary/aromatic N) is 1. The molecule has 0 radical (unpaired) electrons. The Morgan fingerprint density at radius 1 is 1.73 bits per heavy atom. The second kappa shape index (κ2) is 5.44. The van der Waals surface area contributed by atoms with Gasteiger partial charge in [-0.25, -0.2) is 0 Å². The fourth-order valence-corrected chi connectivity index (χ4v) is 1.61. The van der Waals surface area contributed by atoms with Crippen molar-refractivity contribution in [3.8, 4) is 0 Å². The van der Waals surface area contributed by atoms with Crippen LogP contribution in [0.1, 0.15) is 13.8 Å². The van der Waals surface area contributed by atoms with Crippen LogP contribution in [0, 0.1) is 0 Å². The highest BCUT2D eigenvalue weighted by molar-refractivity contribution is 5.81. The fraction of sp³-hybridized carbons (Fsp3) is 0.900. The molecule has 0 aromatic rings. The number of carbonyl (C=O) groups is 1. The molecule has 1 rings (SSSR count). The minimum Gasteiger partial charge on any atom is -0.394 e. The number of hydrogen-bond acceptors (Lipinski definition) is 4. The summed E-state index contributed by atoms with van der Waals surface area (Å²) in [5.74, 6) is 0.0618. The van der Waals surface area contributed by atoms with E-state index < -0.39 is 0 Å². The zero-order valence-corrected chi connectivity index (χ0v) is 9.56. The largest absolute Gasteiger partial charge is 0.394 e. The highest BCUT2D eigenvalue weighted by Gasteiger charge is 2.30. The molecule has 1 aliphatic rings. The lowest BCUT2D eigenvalue weighted by Gasteiger charge is -2.38. The second-order valence-corrected chi connectivity index (χ2v) is 3.99. The molecule has 3 unspecified atom stereocenters. The Morgan fingerprint density at radius 3 is 2.93 bits per heavy atom. The number of ether oxygens (including phenoxy) is 1. The average molecular weight is 216 g/mol. The molecule has 88 valence electrons. The SMILES string of the molecule is CNC(C)C(=O)N1CC(CO)OCC1C. The molecule has 0 bridgehead atoms. The van der Waals surface area contributed by atoms with Crippen LogP contribution in [0.5, 0.6) is 0 Å². The van der Waals surface area contributed by atoms with Crippen LogP contribution in [-0.2, 0) is 9.53 Å². The van der Waals surface area contributed by atoms with Crippen LogP contribution < -0.4 is 5.32 Å². The van der Waals surface area contributed by atoms with Gasteiger partial charge in [0.05, 0.1) is 31.4 Å². The third-order valence-corrected chi connectivity index (χ3v) is 2.80. The zero-order valence-electron chi connectivity index (χ0n) is 9.56. The normalized spacial score (nSPS) is 28.9. The molecule has 1 aliphatic heterocycles. The monoisotopic (exact) mass is 216 g/mol. The van der Waals surface area contributed by atoms with Crippen molar-refractivity contribution in [1.29, 1.82) is 0 Å². The topological polar surface area (TPSA) is 61.8 Å². The van der Waals surface area contributed by atoms with E-state index in [-0.39, 0.29) is 30.7 Å². The maximum absolute atomic E-state index is 11.9. The molecular weight excluding hydrogens is 196 g/mol. The minimum absolute atomic E-state index is 0.0373. The molecule has 3 atom stereocenters. The molecule has 0 aliphatic carbocycles. The van der Waals surface area contributed by atoms with Gasteiger partial charge in [0, 0.05) is 6.54 Å². The van der Waals surface area contributed by atoms with E-state index in [1.165, 1.54) is 0 Å². The Hall–Kier alpha value is -0.650. The summed E-state index contributed by atoms with van der Waals surface area (Å²) in [5.41, 5.74) is 0. The summed E-state index contributed by atoms with van der Waals surface area (Å²) in [5, 5.41) is 11.9. The van der Waals surface area contributed by atoms with Gasteiger partial charge in [-0.05, 0) is 20.9 Å². The molecule has 0 aromatic heterocycles. The van der Waals surface area contributed by atoms with E-state index in [0.717, 1.165) is 0 Å². The van der Waals surface area contributed by atoms with Crippen LogP contribution in [0.15, 0.2) is 0 Å². The van der Waals surface area contributed by atoms with E-state index in [9.17, 15) is 4.79 Å². The Bertz CT molecular complexity index is 223. The number of hydrogen-bond donors (Lipinski definition) is 2. The molecule has 2 N–H and O–H groups in total. The molecule has 1 amide bonds. The lowest BCUT2D eigenvalue weighted by atomic mass is 10.1. The van der Waals surface area contributed by atoms with Crippen LogP contribution in [0.4, 0.5) is 0 Å². The highest BCUT2D eigenvalue weighted by Crippen LogP contribution is 2.12. The molecule has 5 nitrogen and oxygen atoms in total. The van der Waals surface area contributed by atoms with Gasteiger partial charge in [-0.1, -0.05) is 0 Å². The van der Waals surface area contributed by atoms with E-state index in [2.05, 4.69) is 5.32 Å². The summed E-state index contributed by atoms with van der Waals surface area (Å²) in [6, 6.07) is -0.110. The first kappa shape index (κ1) is 12.4. The van der Waals surface area contributed by atoms with Crippen LogP contribution >= 0.6 is 0 Å². The van der Waals surface area contributed by atoms with Gasteiger partial charge < -0.3 is 20.1 Å². The summed E-state index contributed by atoms with van der Waals surface area (Å²) in [4.78, 5) is 13.7. The highest BCUT2D eigenvalue weighted by atomic mass is 16.5. The van der Waals surface area contributed by atoms with Gasteiger partial charge in [0.2, 0.25) is 5.91 Å². The Labute approximate surface area is 90.4 Å². The number of morpholine rings is 1. The van der Waals surface area contributed by atoms with E-state index in [0.29, 0.717) is 13.2 Å². The van der Waals surface area contributed by atoms with Crippen molar-refractivity contribution in [2.45, 2.75) is 32.0 Å². The molecule has 15 heavy (non-hydrogen) atoms. The van der Waals surface area contributed by atoms with Crippen molar-refractivity contribution in [3.05, 3.63) is 0 Å². The van der Waals surface area contributed by atoms with Gasteiger partial charge in [0.25, 0.3) is 0 Å². The van der Waals surface area contributed by atoms with Crippen molar-refractivity contribution in [3.63, 3.8) is 0 Å². The van der Waals surface area contributed by atoms with E-state index in [4.69, 9.17) is 9.84 Å². The smallest absolute Gasteiger partial charge is 0.239 e. The number of carbonyl (C=O) groups excluding carboxylic acids is 1. The van der Waals surface area contributed by atoms with Crippen LogP contribution in [0.2, 0.25) is 0 Å². The lowest BCUT2D eigenvalue weighted by molar-refractivity contribution is -0.147. The van der Waals surface area contributed by atoms with Crippen molar-refractivity contribution in [1.82, 2.24) is 10.2 Å². The maximum atomic E-state index is 11.9. The minimum atomic E-state index is -0.241. The molecule has 0 aromatic carbocycles. The van der Waals surface area contributed by atoms with E-state index in [1.54, 1.807) is 11.9 Å². The number of likely N-dealkylation sites (N-methyl/N-ethyl adjacent to an activating group) is 1.